The topological polar surface area (TPSA) is 92.8 Å². The number of anilines is 1. The molecule has 3 aromatic rings. The van der Waals surface area contributed by atoms with Crippen molar-refractivity contribution in [3.63, 3.8) is 0 Å². The van der Waals surface area contributed by atoms with Crippen LogP contribution in [0.3, 0.4) is 0 Å². The highest BCUT2D eigenvalue weighted by Crippen LogP contribution is 2.24. The van der Waals surface area contributed by atoms with Crippen molar-refractivity contribution < 1.29 is 22.7 Å². The number of hydrogen-bond donors (Lipinski definition) is 1. The molecule has 0 heterocycles. The van der Waals surface area contributed by atoms with Crippen molar-refractivity contribution in [3.8, 4) is 11.1 Å². The third-order valence-corrected chi connectivity index (χ3v) is 6.27. The summed E-state index contributed by atoms with van der Waals surface area (Å²) in [5, 5.41) is 2.55. The zero-order valence-electron chi connectivity index (χ0n) is 17.1. The van der Waals surface area contributed by atoms with Crippen molar-refractivity contribution in [3.05, 3.63) is 84.4 Å². The molecule has 0 unspecified atom stereocenters. The van der Waals surface area contributed by atoms with Gasteiger partial charge < -0.3 is 10.1 Å². The van der Waals surface area contributed by atoms with Crippen LogP contribution in [0.25, 0.3) is 11.1 Å². The fraction of sp³-hybridized carbons (Fsp3) is 0.130. The van der Waals surface area contributed by atoms with Crippen molar-refractivity contribution in [2.24, 2.45) is 0 Å². The maximum atomic E-state index is 12.6. The molecular weight excluding hydrogens is 416 g/mol. The van der Waals surface area contributed by atoms with Crippen LogP contribution < -0.4 is 5.32 Å². The lowest BCUT2D eigenvalue weighted by Gasteiger charge is -2.13. The Hall–Kier alpha value is -3.49. The molecule has 0 atom stereocenters. The number of nitrogens with one attached hydrogen (secondary N) is 1. The minimum atomic E-state index is -3.63. The molecule has 1 amide bonds. The lowest BCUT2D eigenvalue weighted by molar-refractivity contribution is -0.119. The van der Waals surface area contributed by atoms with E-state index in [1.165, 1.54) is 32.3 Å². The SMILES string of the molecule is CN(C)S(=O)(=O)c1cccc(NC(=O)COC(=O)c2ccccc2-c2ccccc2)c1. The van der Waals surface area contributed by atoms with E-state index in [0.717, 1.165) is 9.87 Å². The Balaban J connectivity index is 1.67. The first-order valence-electron chi connectivity index (χ1n) is 9.43. The first-order valence-corrected chi connectivity index (χ1v) is 10.9. The second-order valence-corrected chi connectivity index (χ2v) is 9.00. The average Bonchev–Trinajstić information content (AvgIpc) is 2.78. The Labute approximate surface area is 181 Å². The van der Waals surface area contributed by atoms with Gasteiger partial charge in [-0.15, -0.1) is 0 Å². The highest BCUT2D eigenvalue weighted by molar-refractivity contribution is 7.89. The summed E-state index contributed by atoms with van der Waals surface area (Å²) < 4.78 is 30.7. The number of hydrogen-bond acceptors (Lipinski definition) is 5. The smallest absolute Gasteiger partial charge is 0.339 e. The third kappa shape index (κ3) is 5.36. The second-order valence-electron chi connectivity index (χ2n) is 6.85. The van der Waals surface area contributed by atoms with E-state index in [1.807, 2.05) is 42.5 Å². The van der Waals surface area contributed by atoms with Gasteiger partial charge in [-0.25, -0.2) is 17.5 Å². The zero-order chi connectivity index (χ0) is 22.4. The van der Waals surface area contributed by atoms with Crippen LogP contribution in [0, 0.1) is 0 Å². The fourth-order valence-corrected chi connectivity index (χ4v) is 3.83. The molecule has 0 aliphatic rings. The Bertz CT molecular complexity index is 1190. The number of sulfonamides is 1. The summed E-state index contributed by atoms with van der Waals surface area (Å²) in [6.07, 6.45) is 0. The summed E-state index contributed by atoms with van der Waals surface area (Å²) in [5.74, 6) is -1.21. The number of nitrogens with zero attached hydrogens (tertiary/aromatic N) is 1. The molecule has 0 spiro atoms. The Morgan fingerprint density at radius 1 is 0.903 bits per heavy atom. The quantitative estimate of drug-likeness (QED) is 0.571. The van der Waals surface area contributed by atoms with E-state index in [-0.39, 0.29) is 10.6 Å². The zero-order valence-corrected chi connectivity index (χ0v) is 17.9. The van der Waals surface area contributed by atoms with Gasteiger partial charge in [0.25, 0.3) is 5.91 Å². The molecule has 0 fully saturated rings. The van der Waals surface area contributed by atoms with Gasteiger partial charge in [-0.1, -0.05) is 54.6 Å². The largest absolute Gasteiger partial charge is 0.452 e. The van der Waals surface area contributed by atoms with Gasteiger partial charge in [0.1, 0.15) is 0 Å². The molecule has 31 heavy (non-hydrogen) atoms. The van der Waals surface area contributed by atoms with Crippen LogP contribution in [-0.4, -0.2) is 45.3 Å². The van der Waals surface area contributed by atoms with Gasteiger partial charge in [-0.05, 0) is 35.4 Å². The summed E-state index contributed by atoms with van der Waals surface area (Å²) in [5.41, 5.74) is 2.20. The summed E-state index contributed by atoms with van der Waals surface area (Å²) in [6.45, 7) is -0.507. The van der Waals surface area contributed by atoms with Crippen molar-refractivity contribution in [2.75, 3.05) is 26.0 Å². The summed E-state index contributed by atoms with van der Waals surface area (Å²) in [6, 6.07) is 22.2. The second kappa shape index (κ2) is 9.55. The van der Waals surface area contributed by atoms with Crippen LogP contribution in [0.4, 0.5) is 5.69 Å². The van der Waals surface area contributed by atoms with E-state index >= 15 is 0 Å². The van der Waals surface area contributed by atoms with Crippen molar-refractivity contribution in [1.29, 1.82) is 0 Å². The summed E-state index contributed by atoms with van der Waals surface area (Å²) >= 11 is 0. The normalized spacial score (nSPS) is 11.2. The van der Waals surface area contributed by atoms with Crippen molar-refractivity contribution >= 4 is 27.6 Å². The highest BCUT2D eigenvalue weighted by Gasteiger charge is 2.18. The van der Waals surface area contributed by atoms with E-state index in [0.29, 0.717) is 11.1 Å². The molecule has 0 saturated carbocycles. The van der Waals surface area contributed by atoms with Gasteiger partial charge in [-0.2, -0.15) is 0 Å². The van der Waals surface area contributed by atoms with Crippen LogP contribution >= 0.6 is 0 Å². The van der Waals surface area contributed by atoms with Gasteiger partial charge in [-0.3, -0.25) is 4.79 Å². The predicted molar refractivity (Wildman–Crippen MR) is 118 cm³/mol. The first kappa shape index (κ1) is 22.2. The molecule has 3 aromatic carbocycles. The van der Waals surface area contributed by atoms with Gasteiger partial charge in [0.05, 0.1) is 10.5 Å². The third-order valence-electron chi connectivity index (χ3n) is 4.46. The fourth-order valence-electron chi connectivity index (χ4n) is 2.88. The molecule has 3 rings (SSSR count). The van der Waals surface area contributed by atoms with Gasteiger partial charge >= 0.3 is 5.97 Å². The van der Waals surface area contributed by atoms with Crippen LogP contribution in [0.2, 0.25) is 0 Å². The molecule has 160 valence electrons. The molecule has 8 heteroatoms. The van der Waals surface area contributed by atoms with E-state index in [1.54, 1.807) is 18.2 Å². The Morgan fingerprint density at radius 3 is 2.29 bits per heavy atom. The van der Waals surface area contributed by atoms with Gasteiger partial charge in [0, 0.05) is 19.8 Å². The summed E-state index contributed by atoms with van der Waals surface area (Å²) in [4.78, 5) is 24.9. The van der Waals surface area contributed by atoms with E-state index in [9.17, 15) is 18.0 Å². The van der Waals surface area contributed by atoms with E-state index < -0.39 is 28.5 Å². The first-order chi connectivity index (χ1) is 14.8. The number of rotatable bonds is 7. The number of carbonyl (C=O) groups excluding carboxylic acids is 2. The van der Waals surface area contributed by atoms with Crippen molar-refractivity contribution in [2.45, 2.75) is 4.90 Å². The van der Waals surface area contributed by atoms with Crippen LogP contribution in [0.15, 0.2) is 83.8 Å². The molecule has 0 radical (unpaired) electrons. The van der Waals surface area contributed by atoms with Gasteiger partial charge in [0.2, 0.25) is 10.0 Å². The molecule has 0 saturated heterocycles. The van der Waals surface area contributed by atoms with Gasteiger partial charge in [0.15, 0.2) is 6.61 Å². The minimum Gasteiger partial charge on any atom is -0.452 e. The average molecular weight is 439 g/mol. The lowest BCUT2D eigenvalue weighted by Crippen LogP contribution is -2.23. The van der Waals surface area contributed by atoms with Crippen LogP contribution in [0.1, 0.15) is 10.4 Å². The molecule has 0 aliphatic heterocycles. The molecule has 0 aliphatic carbocycles. The number of benzene rings is 3. The molecule has 7 nitrogen and oxygen atoms in total. The Morgan fingerprint density at radius 2 is 1.58 bits per heavy atom. The van der Waals surface area contributed by atoms with E-state index in [2.05, 4.69) is 5.32 Å². The number of amides is 1. The standard InChI is InChI=1S/C23H22N2O5S/c1-25(2)31(28,29)19-12-8-11-18(15-19)24-22(26)16-30-23(27)21-14-7-6-13-20(21)17-9-4-3-5-10-17/h3-15H,16H2,1-2H3,(H,24,26). The summed E-state index contributed by atoms with van der Waals surface area (Å²) in [7, 11) is -0.784. The number of carbonyl (C=O) groups is 2. The van der Waals surface area contributed by atoms with Crippen molar-refractivity contribution in [1.82, 2.24) is 4.31 Å². The van der Waals surface area contributed by atoms with Crippen LogP contribution in [0.5, 0.6) is 0 Å². The molecule has 1 N–H and O–H groups in total. The highest BCUT2D eigenvalue weighted by atomic mass is 32.2. The maximum Gasteiger partial charge on any atom is 0.339 e. The van der Waals surface area contributed by atoms with Crippen LogP contribution in [-0.2, 0) is 19.6 Å². The minimum absolute atomic E-state index is 0.0454. The number of ether oxygens (including phenoxy) is 1. The number of esters is 1. The lowest BCUT2D eigenvalue weighted by atomic mass is 10.00. The monoisotopic (exact) mass is 438 g/mol. The maximum absolute atomic E-state index is 12.6. The predicted octanol–water partition coefficient (Wildman–Crippen LogP) is 3.40. The molecule has 0 aromatic heterocycles. The Kier molecular flexibility index (Phi) is 6.84. The molecule has 0 bridgehead atoms. The molecular formula is C23H22N2O5S. The van der Waals surface area contributed by atoms with E-state index in [4.69, 9.17) is 4.74 Å².